The molecule has 0 bridgehead atoms. The molecule has 0 aliphatic carbocycles. The lowest BCUT2D eigenvalue weighted by Gasteiger charge is -2.18. The van der Waals surface area contributed by atoms with E-state index in [1.54, 1.807) is 25.2 Å². The van der Waals surface area contributed by atoms with E-state index in [0.717, 1.165) is 5.56 Å². The van der Waals surface area contributed by atoms with Crippen molar-refractivity contribution in [1.29, 1.82) is 5.26 Å². The minimum absolute atomic E-state index is 0.0359. The van der Waals surface area contributed by atoms with E-state index < -0.39 is 5.97 Å². The van der Waals surface area contributed by atoms with Crippen LogP contribution in [0.4, 0.5) is 4.79 Å². The van der Waals surface area contributed by atoms with Crippen LogP contribution in [0.3, 0.4) is 0 Å². The molecule has 20 heavy (non-hydrogen) atoms. The molecule has 0 fully saturated rings. The molecule has 6 heteroatoms. The summed E-state index contributed by atoms with van der Waals surface area (Å²) in [6, 6.07) is 8.83. The molecule has 0 unspecified atom stereocenters. The van der Waals surface area contributed by atoms with Crippen molar-refractivity contribution in [2.75, 3.05) is 13.6 Å². The Bertz CT molecular complexity index is 523. The van der Waals surface area contributed by atoms with Gasteiger partial charge in [-0.1, -0.05) is 12.1 Å². The van der Waals surface area contributed by atoms with Crippen LogP contribution in [0.5, 0.6) is 0 Å². The minimum Gasteiger partial charge on any atom is -0.481 e. The van der Waals surface area contributed by atoms with Crippen molar-refractivity contribution in [2.45, 2.75) is 19.4 Å². The zero-order valence-electron chi connectivity index (χ0n) is 11.3. The first kappa shape index (κ1) is 15.5. The Morgan fingerprint density at radius 1 is 1.45 bits per heavy atom. The highest BCUT2D eigenvalue weighted by molar-refractivity contribution is 5.74. The number of hydrogen-bond acceptors (Lipinski definition) is 3. The van der Waals surface area contributed by atoms with E-state index >= 15 is 0 Å². The maximum absolute atomic E-state index is 11.7. The summed E-state index contributed by atoms with van der Waals surface area (Å²) in [6.45, 7) is 0.716. The molecule has 1 rings (SSSR count). The molecule has 0 spiro atoms. The van der Waals surface area contributed by atoms with Crippen LogP contribution < -0.4 is 5.32 Å². The normalized spacial score (nSPS) is 9.60. The summed E-state index contributed by atoms with van der Waals surface area (Å²) in [5.41, 5.74) is 1.42. The fourth-order valence-electron chi connectivity index (χ4n) is 1.65. The molecule has 0 saturated carbocycles. The van der Waals surface area contributed by atoms with Gasteiger partial charge in [0, 0.05) is 26.6 Å². The predicted octanol–water partition coefficient (Wildman–Crippen LogP) is 1.56. The number of urea groups is 1. The van der Waals surface area contributed by atoms with Crippen molar-refractivity contribution < 1.29 is 14.7 Å². The maximum Gasteiger partial charge on any atom is 0.317 e. The van der Waals surface area contributed by atoms with Crippen molar-refractivity contribution in [3.8, 4) is 6.07 Å². The number of carboxylic acid groups (broad SMARTS) is 1. The van der Waals surface area contributed by atoms with Gasteiger partial charge in [-0.2, -0.15) is 5.26 Å². The SMILES string of the molecule is CN(Cc1cccc(C#N)c1)C(=O)NCCCC(=O)O. The number of aliphatic carboxylic acids is 1. The maximum atomic E-state index is 11.7. The zero-order chi connectivity index (χ0) is 15.0. The van der Waals surface area contributed by atoms with Gasteiger partial charge in [-0.15, -0.1) is 0 Å². The quantitative estimate of drug-likeness (QED) is 0.770. The van der Waals surface area contributed by atoms with E-state index in [1.165, 1.54) is 4.90 Å². The van der Waals surface area contributed by atoms with Gasteiger partial charge in [0.2, 0.25) is 0 Å². The third-order valence-electron chi connectivity index (χ3n) is 2.67. The standard InChI is InChI=1S/C14H17N3O3/c1-17(14(20)16-7-3-6-13(18)19)10-12-5-2-4-11(8-12)9-15/h2,4-5,8H,3,6-7,10H2,1H3,(H,16,20)(H,18,19). The van der Waals surface area contributed by atoms with E-state index in [9.17, 15) is 9.59 Å². The highest BCUT2D eigenvalue weighted by Crippen LogP contribution is 2.06. The topological polar surface area (TPSA) is 93.4 Å². The monoisotopic (exact) mass is 275 g/mol. The van der Waals surface area contributed by atoms with Crippen LogP contribution >= 0.6 is 0 Å². The molecule has 0 heterocycles. The van der Waals surface area contributed by atoms with Gasteiger partial charge in [0.1, 0.15) is 0 Å². The molecule has 2 N–H and O–H groups in total. The van der Waals surface area contributed by atoms with E-state index in [1.807, 2.05) is 12.1 Å². The molecule has 6 nitrogen and oxygen atoms in total. The van der Waals surface area contributed by atoms with Gasteiger partial charge in [0.25, 0.3) is 0 Å². The molecule has 2 amide bonds. The summed E-state index contributed by atoms with van der Waals surface area (Å²) in [5, 5.41) is 19.9. The Balaban J connectivity index is 2.41. The number of nitrogens with zero attached hydrogens (tertiary/aromatic N) is 2. The van der Waals surface area contributed by atoms with Crippen LogP contribution in [0.1, 0.15) is 24.0 Å². The van der Waals surface area contributed by atoms with E-state index in [2.05, 4.69) is 5.32 Å². The lowest BCUT2D eigenvalue weighted by molar-refractivity contribution is -0.137. The zero-order valence-corrected chi connectivity index (χ0v) is 11.3. The highest BCUT2D eigenvalue weighted by Gasteiger charge is 2.09. The Kier molecular flexibility index (Phi) is 6.04. The van der Waals surface area contributed by atoms with Crippen molar-refractivity contribution in [1.82, 2.24) is 10.2 Å². The first-order valence-corrected chi connectivity index (χ1v) is 6.22. The number of nitriles is 1. The Labute approximate surface area is 117 Å². The van der Waals surface area contributed by atoms with Crippen molar-refractivity contribution in [3.05, 3.63) is 35.4 Å². The lowest BCUT2D eigenvalue weighted by atomic mass is 10.1. The first-order chi connectivity index (χ1) is 9.52. The summed E-state index contributed by atoms with van der Waals surface area (Å²) < 4.78 is 0. The summed E-state index contributed by atoms with van der Waals surface area (Å²) in [7, 11) is 1.64. The van der Waals surface area contributed by atoms with E-state index in [4.69, 9.17) is 10.4 Å². The number of amides is 2. The summed E-state index contributed by atoms with van der Waals surface area (Å²) in [4.78, 5) is 23.6. The van der Waals surface area contributed by atoms with Crippen LogP contribution in [0, 0.1) is 11.3 Å². The van der Waals surface area contributed by atoms with Crippen LogP contribution in [0.25, 0.3) is 0 Å². The van der Waals surface area contributed by atoms with Crippen LogP contribution in [0.2, 0.25) is 0 Å². The third-order valence-corrected chi connectivity index (χ3v) is 2.67. The summed E-state index contributed by atoms with van der Waals surface area (Å²) in [5.74, 6) is -0.874. The smallest absolute Gasteiger partial charge is 0.317 e. The predicted molar refractivity (Wildman–Crippen MR) is 72.9 cm³/mol. The first-order valence-electron chi connectivity index (χ1n) is 6.22. The second-order valence-electron chi connectivity index (χ2n) is 4.40. The molecule has 0 aromatic heterocycles. The molecule has 0 saturated heterocycles. The van der Waals surface area contributed by atoms with Gasteiger partial charge in [0.05, 0.1) is 11.6 Å². The molecule has 0 aliphatic heterocycles. The number of nitrogens with one attached hydrogen (secondary N) is 1. The largest absolute Gasteiger partial charge is 0.481 e. The van der Waals surface area contributed by atoms with Crippen molar-refractivity contribution >= 4 is 12.0 Å². The molecule has 0 atom stereocenters. The summed E-state index contributed by atoms with van der Waals surface area (Å²) >= 11 is 0. The molecule has 106 valence electrons. The molecule has 1 aromatic rings. The number of hydrogen-bond donors (Lipinski definition) is 2. The number of rotatable bonds is 6. The average molecular weight is 275 g/mol. The van der Waals surface area contributed by atoms with Crippen molar-refractivity contribution in [3.63, 3.8) is 0 Å². The van der Waals surface area contributed by atoms with Crippen molar-refractivity contribution in [2.24, 2.45) is 0 Å². The van der Waals surface area contributed by atoms with E-state index in [0.29, 0.717) is 25.1 Å². The average Bonchev–Trinajstić information content (AvgIpc) is 2.43. The Morgan fingerprint density at radius 2 is 2.20 bits per heavy atom. The molecular weight excluding hydrogens is 258 g/mol. The van der Waals surface area contributed by atoms with Crippen LogP contribution in [-0.4, -0.2) is 35.6 Å². The molecular formula is C14H17N3O3. The number of carboxylic acids is 1. The number of carbonyl (C=O) groups excluding carboxylic acids is 1. The van der Waals surface area contributed by atoms with E-state index in [-0.39, 0.29) is 12.5 Å². The number of benzene rings is 1. The second kappa shape index (κ2) is 7.79. The Morgan fingerprint density at radius 3 is 2.85 bits per heavy atom. The minimum atomic E-state index is -0.874. The van der Waals surface area contributed by atoms with Gasteiger partial charge in [-0.05, 0) is 24.1 Å². The van der Waals surface area contributed by atoms with Gasteiger partial charge in [-0.3, -0.25) is 4.79 Å². The van der Waals surface area contributed by atoms with Crippen LogP contribution in [0.15, 0.2) is 24.3 Å². The van der Waals surface area contributed by atoms with Gasteiger partial charge >= 0.3 is 12.0 Å². The fourth-order valence-corrected chi connectivity index (χ4v) is 1.65. The molecule has 1 aromatic carbocycles. The summed E-state index contributed by atoms with van der Waals surface area (Å²) in [6.07, 6.45) is 0.438. The molecule has 0 radical (unpaired) electrons. The van der Waals surface area contributed by atoms with Crippen LogP contribution in [-0.2, 0) is 11.3 Å². The van der Waals surface area contributed by atoms with Gasteiger partial charge in [-0.25, -0.2) is 4.79 Å². The third kappa shape index (κ3) is 5.40. The number of carbonyl (C=O) groups is 2. The van der Waals surface area contributed by atoms with Gasteiger partial charge in [0.15, 0.2) is 0 Å². The molecule has 0 aliphatic rings. The van der Waals surface area contributed by atoms with Gasteiger partial charge < -0.3 is 15.3 Å². The second-order valence-corrected chi connectivity index (χ2v) is 4.40. The Hall–Kier alpha value is -2.55. The highest BCUT2D eigenvalue weighted by atomic mass is 16.4. The lowest BCUT2D eigenvalue weighted by Crippen LogP contribution is -2.37. The fraction of sp³-hybridized carbons (Fsp3) is 0.357.